The van der Waals surface area contributed by atoms with Gasteiger partial charge in [0.1, 0.15) is 18.3 Å². The zero-order valence-corrected chi connectivity index (χ0v) is 30.8. The number of hydrogen-bond donors (Lipinski definition) is 1. The van der Waals surface area contributed by atoms with Gasteiger partial charge in [0, 0.05) is 39.1 Å². The third-order valence-electron chi connectivity index (χ3n) is 7.78. The molecular weight excluding hydrogens is 737 g/mol. The summed E-state index contributed by atoms with van der Waals surface area (Å²) in [4.78, 5) is 30.0. The van der Waals surface area contributed by atoms with Crippen LogP contribution in [0.5, 0.6) is 5.75 Å². The molecule has 0 aromatic heterocycles. The van der Waals surface area contributed by atoms with Crippen molar-refractivity contribution in [2.45, 2.75) is 57.1 Å². The average Bonchev–Trinajstić information content (AvgIpc) is 3.07. The van der Waals surface area contributed by atoms with E-state index in [1.807, 2.05) is 51.1 Å². The summed E-state index contributed by atoms with van der Waals surface area (Å²) >= 11 is 16.5. The van der Waals surface area contributed by atoms with Crippen LogP contribution < -0.4 is 14.4 Å². The van der Waals surface area contributed by atoms with Crippen molar-refractivity contribution in [1.29, 1.82) is 0 Å². The van der Waals surface area contributed by atoms with E-state index >= 15 is 0 Å². The monoisotopic (exact) mass is 773 g/mol. The highest BCUT2D eigenvalue weighted by Gasteiger charge is 2.35. The van der Waals surface area contributed by atoms with Crippen LogP contribution in [0.25, 0.3) is 0 Å². The molecule has 48 heavy (non-hydrogen) atoms. The first-order chi connectivity index (χ1) is 22.9. The summed E-state index contributed by atoms with van der Waals surface area (Å²) in [7, 11) is -4.27. The molecule has 0 aliphatic heterocycles. The van der Waals surface area contributed by atoms with Gasteiger partial charge in [0.05, 0.1) is 17.2 Å². The molecule has 0 saturated carbocycles. The Bertz CT molecular complexity index is 1770. The molecule has 0 bridgehead atoms. The lowest BCUT2D eigenvalue weighted by Gasteiger charge is -2.34. The Kier molecular flexibility index (Phi) is 13.3. The second-order valence-corrected chi connectivity index (χ2v) is 14.7. The molecule has 0 heterocycles. The van der Waals surface area contributed by atoms with Gasteiger partial charge in [-0.3, -0.25) is 13.9 Å². The number of carbonyl (C=O) groups is 2. The topological polar surface area (TPSA) is 96.0 Å². The van der Waals surface area contributed by atoms with E-state index in [0.29, 0.717) is 38.9 Å². The normalized spacial score (nSPS) is 12.5. The Balaban J connectivity index is 1.84. The van der Waals surface area contributed by atoms with Crippen molar-refractivity contribution in [1.82, 2.24) is 10.2 Å². The molecular formula is C36H38BrCl2N3O5S. The number of hydrogen-bond acceptors (Lipinski definition) is 5. The largest absolute Gasteiger partial charge is 0.494 e. The minimum Gasteiger partial charge on any atom is -0.494 e. The van der Waals surface area contributed by atoms with Crippen molar-refractivity contribution < 1.29 is 22.7 Å². The Morgan fingerprint density at radius 2 is 1.50 bits per heavy atom. The predicted molar refractivity (Wildman–Crippen MR) is 195 cm³/mol. The molecule has 1 N–H and O–H groups in total. The Hall–Kier alpha value is -3.57. The van der Waals surface area contributed by atoms with Gasteiger partial charge >= 0.3 is 0 Å². The molecule has 2 amide bonds. The van der Waals surface area contributed by atoms with Crippen LogP contribution in [0.15, 0.2) is 106 Å². The number of halogens is 3. The van der Waals surface area contributed by atoms with Crippen molar-refractivity contribution in [3.05, 3.63) is 123 Å². The van der Waals surface area contributed by atoms with E-state index in [0.717, 1.165) is 9.87 Å². The highest BCUT2D eigenvalue weighted by Crippen LogP contribution is 2.30. The molecule has 0 radical (unpaired) electrons. The summed E-state index contributed by atoms with van der Waals surface area (Å²) in [5.41, 5.74) is 1.50. The van der Waals surface area contributed by atoms with Gasteiger partial charge in [0.2, 0.25) is 11.8 Å². The molecule has 4 rings (SSSR count). The molecule has 8 nitrogen and oxygen atoms in total. The number of ether oxygens (including phenoxy) is 1. The van der Waals surface area contributed by atoms with Gasteiger partial charge in [0.15, 0.2) is 0 Å². The van der Waals surface area contributed by atoms with E-state index in [9.17, 15) is 18.0 Å². The SMILES string of the molecule is CCOc1ccc(N(CC(=O)N(Cc2c(Cl)cccc2Cl)[C@@H](Cc2ccccc2)C(=O)N[C@H](C)CC)S(=O)(=O)c2ccc(Br)cc2)cc1. The van der Waals surface area contributed by atoms with E-state index in [4.69, 9.17) is 27.9 Å². The van der Waals surface area contributed by atoms with Crippen LogP contribution in [-0.4, -0.2) is 50.4 Å². The fraction of sp³-hybridized carbons (Fsp3) is 0.278. The minimum absolute atomic E-state index is 0.0107. The fourth-order valence-corrected chi connectivity index (χ4v) is 7.18. The molecule has 254 valence electrons. The van der Waals surface area contributed by atoms with Gasteiger partial charge in [-0.05, 0) is 86.5 Å². The Morgan fingerprint density at radius 1 is 0.875 bits per heavy atom. The maximum Gasteiger partial charge on any atom is 0.264 e. The number of carbonyl (C=O) groups excluding carboxylic acids is 2. The van der Waals surface area contributed by atoms with Crippen LogP contribution in [0.1, 0.15) is 38.3 Å². The third kappa shape index (κ3) is 9.53. The number of rotatable bonds is 15. The van der Waals surface area contributed by atoms with Gasteiger partial charge in [-0.15, -0.1) is 0 Å². The van der Waals surface area contributed by atoms with Crippen molar-refractivity contribution in [2.24, 2.45) is 0 Å². The maximum atomic E-state index is 14.7. The van der Waals surface area contributed by atoms with Gasteiger partial charge in [-0.25, -0.2) is 8.42 Å². The smallest absolute Gasteiger partial charge is 0.264 e. The second kappa shape index (κ2) is 17.2. The van der Waals surface area contributed by atoms with E-state index in [-0.39, 0.29) is 35.5 Å². The molecule has 0 saturated heterocycles. The first kappa shape index (κ1) is 37.3. The lowest BCUT2D eigenvalue weighted by molar-refractivity contribution is -0.140. The maximum absolute atomic E-state index is 14.7. The first-order valence-corrected chi connectivity index (χ1v) is 18.5. The average molecular weight is 776 g/mol. The van der Waals surface area contributed by atoms with Crippen LogP contribution in [0.4, 0.5) is 5.69 Å². The first-order valence-electron chi connectivity index (χ1n) is 15.5. The molecule has 0 aliphatic carbocycles. The zero-order chi connectivity index (χ0) is 34.8. The quantitative estimate of drug-likeness (QED) is 0.133. The summed E-state index contributed by atoms with van der Waals surface area (Å²) in [6.07, 6.45) is 0.838. The molecule has 4 aromatic carbocycles. The fourth-order valence-electron chi connectivity index (χ4n) is 4.99. The van der Waals surface area contributed by atoms with Crippen LogP contribution in [-0.2, 0) is 32.6 Å². The Labute approximate surface area is 301 Å². The van der Waals surface area contributed by atoms with E-state index < -0.39 is 28.5 Å². The van der Waals surface area contributed by atoms with Crippen LogP contribution in [0.2, 0.25) is 10.0 Å². The summed E-state index contributed by atoms with van der Waals surface area (Å²) < 4.78 is 35.8. The van der Waals surface area contributed by atoms with Gasteiger partial charge in [-0.2, -0.15) is 0 Å². The zero-order valence-electron chi connectivity index (χ0n) is 26.9. The van der Waals surface area contributed by atoms with Crippen LogP contribution in [0.3, 0.4) is 0 Å². The predicted octanol–water partition coefficient (Wildman–Crippen LogP) is 7.90. The molecule has 2 atom stereocenters. The molecule has 0 fully saturated rings. The summed E-state index contributed by atoms with van der Waals surface area (Å²) in [6, 6.07) is 25.7. The van der Waals surface area contributed by atoms with E-state index in [1.54, 1.807) is 54.6 Å². The van der Waals surface area contributed by atoms with Gasteiger partial charge in [0.25, 0.3) is 10.0 Å². The van der Waals surface area contributed by atoms with E-state index in [1.165, 1.54) is 17.0 Å². The van der Waals surface area contributed by atoms with Crippen molar-refractivity contribution in [2.75, 3.05) is 17.5 Å². The number of nitrogens with zero attached hydrogens (tertiary/aromatic N) is 2. The third-order valence-corrected chi connectivity index (χ3v) is 10.8. The number of amides is 2. The van der Waals surface area contributed by atoms with Crippen LogP contribution >= 0.6 is 39.1 Å². The van der Waals surface area contributed by atoms with Crippen molar-refractivity contribution in [3.8, 4) is 5.75 Å². The van der Waals surface area contributed by atoms with Crippen LogP contribution in [0, 0.1) is 0 Å². The molecule has 12 heteroatoms. The van der Waals surface area contributed by atoms with E-state index in [2.05, 4.69) is 21.2 Å². The van der Waals surface area contributed by atoms with Crippen molar-refractivity contribution >= 4 is 66.7 Å². The summed E-state index contributed by atoms with van der Waals surface area (Å²) in [5, 5.41) is 3.64. The standard InChI is InChI=1S/C36H38BrCl2N3O5S/c1-4-25(3)40-36(44)34(22-26-10-7-6-8-11-26)41(23-31-32(38)12-9-13-33(31)39)35(43)24-42(28-16-18-29(19-17-28)47-5-2)48(45,46)30-20-14-27(37)15-21-30/h6-21,25,34H,4-5,22-24H2,1-3H3,(H,40,44)/t25-,34+/m1/s1. The number of anilines is 1. The number of benzene rings is 4. The van der Waals surface area contributed by atoms with Gasteiger partial charge < -0.3 is 15.0 Å². The highest BCUT2D eigenvalue weighted by molar-refractivity contribution is 9.10. The molecule has 0 spiro atoms. The summed E-state index contributed by atoms with van der Waals surface area (Å²) in [6.45, 7) is 5.35. The molecule has 0 aliphatic rings. The van der Waals surface area contributed by atoms with Gasteiger partial charge in [-0.1, -0.05) is 82.5 Å². The summed E-state index contributed by atoms with van der Waals surface area (Å²) in [5.74, 6) is -0.456. The second-order valence-electron chi connectivity index (χ2n) is 11.1. The lowest BCUT2D eigenvalue weighted by atomic mass is 10.0. The Morgan fingerprint density at radius 3 is 2.08 bits per heavy atom. The molecule has 0 unspecified atom stereocenters. The lowest BCUT2D eigenvalue weighted by Crippen LogP contribution is -2.54. The minimum atomic E-state index is -4.27. The number of sulfonamides is 1. The molecule has 4 aromatic rings. The van der Waals surface area contributed by atoms with Crippen molar-refractivity contribution in [3.63, 3.8) is 0 Å². The highest BCUT2D eigenvalue weighted by atomic mass is 79.9. The number of nitrogens with one attached hydrogen (secondary N) is 1.